The number of halogens is 2. The number of hydrogen-bond acceptors (Lipinski definition) is 4. The number of nitrogens with zero attached hydrogens (tertiary/aromatic N) is 1. The Morgan fingerprint density at radius 3 is 2.60 bits per heavy atom. The molecule has 25 heavy (non-hydrogen) atoms. The molecule has 0 bridgehead atoms. The summed E-state index contributed by atoms with van der Waals surface area (Å²) in [6.45, 7) is 0. The van der Waals surface area contributed by atoms with Gasteiger partial charge in [-0.1, -0.05) is 34.1 Å². The zero-order valence-electron chi connectivity index (χ0n) is 13.4. The predicted molar refractivity (Wildman–Crippen MR) is 91.6 cm³/mol. The van der Waals surface area contributed by atoms with E-state index in [1.807, 2.05) is 0 Å². The molecule has 0 N–H and O–H groups in total. The van der Waals surface area contributed by atoms with Crippen LogP contribution in [0.1, 0.15) is 11.1 Å². The summed E-state index contributed by atoms with van der Waals surface area (Å²) in [7, 11) is -2.69. The molecule has 0 aliphatic heterocycles. The second kappa shape index (κ2) is 9.49. The van der Waals surface area contributed by atoms with Crippen LogP contribution < -0.4 is 39.4 Å². The summed E-state index contributed by atoms with van der Waals surface area (Å²) in [6, 6.07) is 10.0. The van der Waals surface area contributed by atoms with Crippen molar-refractivity contribution in [1.29, 1.82) is 0 Å². The molecule has 0 fully saturated rings. The van der Waals surface area contributed by atoms with Gasteiger partial charge in [-0.2, -0.15) is 12.8 Å². The first-order chi connectivity index (χ1) is 11.3. The van der Waals surface area contributed by atoms with Gasteiger partial charge in [0, 0.05) is 21.5 Å². The maximum absolute atomic E-state index is 13.0. The van der Waals surface area contributed by atoms with E-state index in [2.05, 4.69) is 20.3 Å². The third-order valence-corrected chi connectivity index (χ3v) is 4.49. The maximum Gasteiger partial charge on any atom is 1.00 e. The average molecular weight is 436 g/mol. The van der Waals surface area contributed by atoms with Gasteiger partial charge in [0.1, 0.15) is 11.6 Å². The molecule has 2 aromatic rings. The average Bonchev–Trinajstić information content (AvgIpc) is 2.52. The van der Waals surface area contributed by atoms with E-state index in [4.69, 9.17) is 4.74 Å². The van der Waals surface area contributed by atoms with Crippen LogP contribution in [0.25, 0.3) is 6.08 Å². The molecule has 0 aliphatic rings. The second-order valence-electron chi connectivity index (χ2n) is 4.58. The van der Waals surface area contributed by atoms with Gasteiger partial charge < -0.3 is 9.84 Å². The fourth-order valence-electron chi connectivity index (χ4n) is 1.82. The normalized spacial score (nSPS) is 12.0. The van der Waals surface area contributed by atoms with Gasteiger partial charge in [0.05, 0.1) is 12.5 Å². The number of methoxy groups -OCH3 is 1. The molecular formula is C16H12BrFNNaO4S. The van der Waals surface area contributed by atoms with Crippen molar-refractivity contribution in [3.05, 3.63) is 69.3 Å². The molecule has 126 valence electrons. The Bertz CT molecular complexity index is 916. The zero-order valence-corrected chi connectivity index (χ0v) is 17.8. The molecule has 0 spiro atoms. The van der Waals surface area contributed by atoms with Crippen molar-refractivity contribution in [2.45, 2.75) is 0 Å². The van der Waals surface area contributed by atoms with E-state index in [1.54, 1.807) is 24.3 Å². The first kappa shape index (κ1) is 21.9. The van der Waals surface area contributed by atoms with Gasteiger partial charge >= 0.3 is 29.6 Å². The monoisotopic (exact) mass is 435 g/mol. The Balaban J connectivity index is 0.00000312. The molecule has 9 heteroatoms. The Labute approximate surface area is 175 Å². The number of hydrogen-bond donors (Lipinski definition) is 0. The Hall–Kier alpha value is -1.19. The van der Waals surface area contributed by atoms with Crippen molar-refractivity contribution in [3.63, 3.8) is 0 Å². The fraction of sp³-hybridized carbons (Fsp3) is 0.0625. The van der Waals surface area contributed by atoms with Gasteiger partial charge in [0.2, 0.25) is 0 Å². The topological polar surface area (TPSA) is 78.8 Å². The van der Waals surface area contributed by atoms with E-state index < -0.39 is 21.7 Å². The van der Waals surface area contributed by atoms with Crippen molar-refractivity contribution in [2.24, 2.45) is 4.40 Å². The Morgan fingerprint density at radius 1 is 1.28 bits per heavy atom. The molecule has 2 aromatic carbocycles. The first-order valence-corrected chi connectivity index (χ1v) is 8.90. The van der Waals surface area contributed by atoms with E-state index in [9.17, 15) is 17.9 Å². The quantitative estimate of drug-likeness (QED) is 0.367. The fourth-order valence-corrected chi connectivity index (χ4v) is 3.05. The number of para-hydroxylation sites is 1. The summed E-state index contributed by atoms with van der Waals surface area (Å²) in [5.74, 6) is -1.07. The van der Waals surface area contributed by atoms with Crippen molar-refractivity contribution in [1.82, 2.24) is 0 Å². The zero-order chi connectivity index (χ0) is 17.7. The van der Waals surface area contributed by atoms with Crippen LogP contribution in [-0.4, -0.2) is 21.4 Å². The molecule has 0 aromatic heterocycles. The summed E-state index contributed by atoms with van der Waals surface area (Å²) < 4.78 is 45.4. The van der Waals surface area contributed by atoms with Gasteiger partial charge in [0.15, 0.2) is 0 Å². The van der Waals surface area contributed by atoms with E-state index >= 15 is 0 Å². The number of ether oxygens (including phenoxy) is 1. The number of rotatable bonds is 5. The van der Waals surface area contributed by atoms with Gasteiger partial charge in [0.25, 0.3) is 10.0 Å². The van der Waals surface area contributed by atoms with Crippen LogP contribution >= 0.6 is 15.9 Å². The SMILES string of the molecule is COc1ccccc1/C=C/S(=O)(=O)/N=C(\[O-])c1ccc(F)cc1Br.[Na+]. The van der Waals surface area contributed by atoms with E-state index in [0.717, 1.165) is 23.6 Å². The summed E-state index contributed by atoms with van der Waals surface area (Å²) in [5.41, 5.74) is 0.472. The predicted octanol–water partition coefficient (Wildman–Crippen LogP) is -0.292. The van der Waals surface area contributed by atoms with Crippen LogP contribution in [0.2, 0.25) is 0 Å². The maximum atomic E-state index is 13.0. The Morgan fingerprint density at radius 2 is 1.96 bits per heavy atom. The molecule has 5 nitrogen and oxygen atoms in total. The van der Waals surface area contributed by atoms with Gasteiger partial charge in [-0.05, 0) is 30.3 Å². The minimum absolute atomic E-state index is 0. The van der Waals surface area contributed by atoms with Crippen LogP contribution in [0.15, 0.2) is 56.7 Å². The van der Waals surface area contributed by atoms with Crippen molar-refractivity contribution in [3.8, 4) is 5.75 Å². The summed E-state index contributed by atoms with van der Waals surface area (Å²) >= 11 is 3.00. The van der Waals surface area contributed by atoms with Crippen LogP contribution in [0.3, 0.4) is 0 Å². The number of benzene rings is 2. The standard InChI is InChI=1S/C16H13BrFNO4S.Na/c1-23-15-5-3-2-4-11(15)8-9-24(21,22)19-16(20)13-7-6-12(18)10-14(13)17;/h2-10H,1H3,(H,19,20);/q;+1/p-1/b9-8+;. The smallest absolute Gasteiger partial charge is 0.858 e. The molecule has 0 atom stereocenters. The van der Waals surface area contributed by atoms with Crippen LogP contribution in [-0.2, 0) is 10.0 Å². The molecule has 0 amide bonds. The summed E-state index contributed by atoms with van der Waals surface area (Å²) in [5, 5.41) is 12.8. The molecule has 2 rings (SSSR count). The molecule has 0 saturated carbocycles. The van der Waals surface area contributed by atoms with Crippen molar-refractivity contribution in [2.75, 3.05) is 7.11 Å². The number of sulfonamides is 1. The third kappa shape index (κ3) is 6.23. The molecule has 0 aliphatic carbocycles. The van der Waals surface area contributed by atoms with Gasteiger partial charge in [-0.3, -0.25) is 0 Å². The van der Waals surface area contributed by atoms with Gasteiger partial charge in [-0.25, -0.2) is 4.39 Å². The Kier molecular flexibility index (Phi) is 8.30. The summed E-state index contributed by atoms with van der Waals surface area (Å²) in [6.07, 6.45) is 1.28. The van der Waals surface area contributed by atoms with Crippen LogP contribution in [0.4, 0.5) is 4.39 Å². The first-order valence-electron chi connectivity index (χ1n) is 6.61. The third-order valence-electron chi connectivity index (χ3n) is 2.93. The summed E-state index contributed by atoms with van der Waals surface area (Å²) in [4.78, 5) is 0. The molecule has 0 heterocycles. The van der Waals surface area contributed by atoms with Crippen LogP contribution in [0, 0.1) is 5.82 Å². The van der Waals surface area contributed by atoms with Crippen LogP contribution in [0.5, 0.6) is 5.75 Å². The van der Waals surface area contributed by atoms with Crippen molar-refractivity contribution >= 4 is 37.9 Å². The minimum atomic E-state index is -4.15. The molecule has 0 unspecified atom stereocenters. The van der Waals surface area contributed by atoms with Crippen molar-refractivity contribution < 1.29 is 52.2 Å². The minimum Gasteiger partial charge on any atom is -0.858 e. The molecule has 0 radical (unpaired) electrons. The molecular weight excluding hydrogens is 424 g/mol. The van der Waals surface area contributed by atoms with E-state index in [0.29, 0.717) is 11.3 Å². The van der Waals surface area contributed by atoms with E-state index in [-0.39, 0.29) is 39.6 Å². The largest absolute Gasteiger partial charge is 1.00 e. The van der Waals surface area contributed by atoms with Gasteiger partial charge in [-0.15, -0.1) is 0 Å². The second-order valence-corrected chi connectivity index (χ2v) is 6.92. The van der Waals surface area contributed by atoms with E-state index in [1.165, 1.54) is 13.2 Å². The molecule has 0 saturated heterocycles.